The lowest BCUT2D eigenvalue weighted by Gasteiger charge is -2.03. The van der Waals surface area contributed by atoms with Gasteiger partial charge in [0.05, 0.1) is 6.42 Å². The van der Waals surface area contributed by atoms with Gasteiger partial charge in [-0.25, -0.2) is 0 Å². The number of nitriles is 1. The van der Waals surface area contributed by atoms with Crippen LogP contribution in [0.3, 0.4) is 0 Å². The minimum atomic E-state index is -0.806. The maximum absolute atomic E-state index is 10.4. The lowest BCUT2D eigenvalue weighted by atomic mass is 10.1. The molecule has 68 valence electrons. The van der Waals surface area contributed by atoms with Crippen LogP contribution in [-0.4, -0.2) is 11.1 Å². The fraction of sp³-hybridized carbons (Fsp3) is 0.333. The molecule has 0 aliphatic carbocycles. The number of hydrogen-bond donors (Lipinski definition) is 1. The quantitative estimate of drug-likeness (QED) is 0.804. The minimum absolute atomic E-state index is 0.00963. The number of carbonyl (C=O) groups is 1. The standard InChI is InChI=1S/C9H9NO2S/c1-6(4-9(11)12)8-3-2-7(5-10)13-8/h2-3,6H,4H2,1H3,(H,11,12). The summed E-state index contributed by atoms with van der Waals surface area (Å²) in [4.78, 5) is 12.0. The van der Waals surface area contributed by atoms with Crippen molar-refractivity contribution >= 4 is 17.3 Å². The Balaban J connectivity index is 2.72. The molecule has 1 atom stereocenters. The molecule has 0 aromatic carbocycles. The average Bonchev–Trinajstić information content (AvgIpc) is 2.50. The first-order chi connectivity index (χ1) is 6.13. The Morgan fingerprint density at radius 2 is 2.46 bits per heavy atom. The number of carboxylic acids is 1. The molecule has 0 aliphatic heterocycles. The summed E-state index contributed by atoms with van der Waals surface area (Å²) in [5.74, 6) is -0.816. The van der Waals surface area contributed by atoms with Crippen molar-refractivity contribution in [3.05, 3.63) is 21.9 Å². The molecule has 0 aliphatic rings. The van der Waals surface area contributed by atoms with E-state index in [-0.39, 0.29) is 12.3 Å². The predicted octanol–water partition coefficient (Wildman–Crippen LogP) is 2.20. The monoisotopic (exact) mass is 195 g/mol. The summed E-state index contributed by atoms with van der Waals surface area (Å²) < 4.78 is 0. The van der Waals surface area contributed by atoms with Crippen LogP contribution < -0.4 is 0 Å². The van der Waals surface area contributed by atoms with Crippen molar-refractivity contribution in [2.45, 2.75) is 19.3 Å². The maximum Gasteiger partial charge on any atom is 0.303 e. The van der Waals surface area contributed by atoms with Crippen molar-refractivity contribution in [3.8, 4) is 6.07 Å². The van der Waals surface area contributed by atoms with E-state index in [0.29, 0.717) is 4.88 Å². The molecule has 1 rings (SSSR count). The highest BCUT2D eigenvalue weighted by Gasteiger charge is 2.12. The predicted molar refractivity (Wildman–Crippen MR) is 49.7 cm³/mol. The zero-order chi connectivity index (χ0) is 9.84. The number of thiophene rings is 1. The Morgan fingerprint density at radius 1 is 1.77 bits per heavy atom. The normalized spacial score (nSPS) is 12.0. The molecule has 13 heavy (non-hydrogen) atoms. The van der Waals surface area contributed by atoms with Gasteiger partial charge in [-0.15, -0.1) is 11.3 Å². The first kappa shape index (κ1) is 9.75. The Hall–Kier alpha value is -1.34. The van der Waals surface area contributed by atoms with E-state index in [0.717, 1.165) is 4.88 Å². The Morgan fingerprint density at radius 3 is 2.92 bits per heavy atom. The number of rotatable bonds is 3. The molecule has 3 nitrogen and oxygen atoms in total. The van der Waals surface area contributed by atoms with Gasteiger partial charge in [0.15, 0.2) is 0 Å². The summed E-state index contributed by atoms with van der Waals surface area (Å²) in [6, 6.07) is 5.56. The van der Waals surface area contributed by atoms with Crippen LogP contribution in [0.15, 0.2) is 12.1 Å². The largest absolute Gasteiger partial charge is 0.481 e. The molecule has 4 heteroatoms. The molecule has 0 saturated heterocycles. The van der Waals surface area contributed by atoms with Gasteiger partial charge in [-0.05, 0) is 12.1 Å². The molecule has 1 N–H and O–H groups in total. The second-order valence-corrected chi connectivity index (χ2v) is 3.93. The van der Waals surface area contributed by atoms with E-state index in [1.807, 2.05) is 19.1 Å². The highest BCUT2D eigenvalue weighted by atomic mass is 32.1. The number of aliphatic carboxylic acids is 1. The number of nitrogens with zero attached hydrogens (tertiary/aromatic N) is 1. The van der Waals surface area contributed by atoms with Crippen LogP contribution in [0.25, 0.3) is 0 Å². The average molecular weight is 195 g/mol. The Labute approximate surface area is 80.2 Å². The summed E-state index contributed by atoms with van der Waals surface area (Å²) in [5, 5.41) is 17.1. The van der Waals surface area contributed by atoms with Gasteiger partial charge in [-0.1, -0.05) is 6.92 Å². The van der Waals surface area contributed by atoms with Crippen molar-refractivity contribution in [1.29, 1.82) is 5.26 Å². The van der Waals surface area contributed by atoms with Crippen molar-refractivity contribution < 1.29 is 9.90 Å². The van der Waals surface area contributed by atoms with Crippen molar-refractivity contribution in [2.24, 2.45) is 0 Å². The second-order valence-electron chi connectivity index (χ2n) is 2.81. The van der Waals surface area contributed by atoms with Gasteiger partial charge < -0.3 is 5.11 Å². The summed E-state index contributed by atoms with van der Waals surface area (Å²) in [6.45, 7) is 1.85. The molecule has 0 saturated carbocycles. The van der Waals surface area contributed by atoms with E-state index in [1.54, 1.807) is 6.07 Å². The van der Waals surface area contributed by atoms with E-state index >= 15 is 0 Å². The van der Waals surface area contributed by atoms with Crippen LogP contribution in [0.2, 0.25) is 0 Å². The second kappa shape index (κ2) is 4.06. The van der Waals surface area contributed by atoms with Crippen molar-refractivity contribution in [2.75, 3.05) is 0 Å². The molecule has 1 unspecified atom stereocenters. The summed E-state index contributed by atoms with van der Waals surface area (Å²) in [6.07, 6.45) is 0.116. The lowest BCUT2D eigenvalue weighted by Crippen LogP contribution is -2.00. The lowest BCUT2D eigenvalue weighted by molar-refractivity contribution is -0.137. The number of carboxylic acid groups (broad SMARTS) is 1. The molecule has 0 radical (unpaired) electrons. The molecule has 1 aromatic rings. The molecule has 1 aromatic heterocycles. The van der Waals surface area contributed by atoms with Crippen molar-refractivity contribution in [3.63, 3.8) is 0 Å². The van der Waals surface area contributed by atoms with Gasteiger partial charge in [0.2, 0.25) is 0 Å². The minimum Gasteiger partial charge on any atom is -0.481 e. The molecular weight excluding hydrogens is 186 g/mol. The van der Waals surface area contributed by atoms with Gasteiger partial charge >= 0.3 is 5.97 Å². The summed E-state index contributed by atoms with van der Waals surface area (Å²) >= 11 is 1.36. The molecule has 0 bridgehead atoms. The molecule has 0 spiro atoms. The topological polar surface area (TPSA) is 61.1 Å². The maximum atomic E-state index is 10.4. The third-order valence-electron chi connectivity index (χ3n) is 1.70. The van der Waals surface area contributed by atoms with Crippen LogP contribution in [0.5, 0.6) is 0 Å². The highest BCUT2D eigenvalue weighted by molar-refractivity contribution is 7.12. The van der Waals surface area contributed by atoms with E-state index in [9.17, 15) is 4.79 Å². The first-order valence-corrected chi connectivity index (χ1v) is 4.66. The van der Waals surface area contributed by atoms with Crippen LogP contribution >= 0.6 is 11.3 Å². The molecule has 1 heterocycles. The van der Waals surface area contributed by atoms with E-state index < -0.39 is 5.97 Å². The van der Waals surface area contributed by atoms with Crippen molar-refractivity contribution in [1.82, 2.24) is 0 Å². The smallest absolute Gasteiger partial charge is 0.303 e. The third kappa shape index (κ3) is 2.56. The van der Waals surface area contributed by atoms with Gasteiger partial charge in [0, 0.05) is 10.8 Å². The van der Waals surface area contributed by atoms with Crippen LogP contribution in [0, 0.1) is 11.3 Å². The molecular formula is C9H9NO2S. The SMILES string of the molecule is CC(CC(=O)O)c1ccc(C#N)s1. The van der Waals surface area contributed by atoms with Crippen LogP contribution in [0.4, 0.5) is 0 Å². The number of hydrogen-bond acceptors (Lipinski definition) is 3. The first-order valence-electron chi connectivity index (χ1n) is 3.85. The third-order valence-corrected chi connectivity index (χ3v) is 2.92. The summed E-state index contributed by atoms with van der Waals surface area (Å²) in [5.41, 5.74) is 0. The zero-order valence-corrected chi connectivity index (χ0v) is 7.97. The molecule has 0 amide bonds. The van der Waals surface area contributed by atoms with Crippen LogP contribution in [0.1, 0.15) is 29.0 Å². The highest BCUT2D eigenvalue weighted by Crippen LogP contribution is 2.26. The van der Waals surface area contributed by atoms with E-state index in [4.69, 9.17) is 10.4 Å². The fourth-order valence-corrected chi connectivity index (χ4v) is 1.90. The molecule has 0 fully saturated rings. The van der Waals surface area contributed by atoms with E-state index in [1.165, 1.54) is 11.3 Å². The Bertz CT molecular complexity index is 351. The van der Waals surface area contributed by atoms with Gasteiger partial charge in [0.25, 0.3) is 0 Å². The van der Waals surface area contributed by atoms with E-state index in [2.05, 4.69) is 0 Å². The van der Waals surface area contributed by atoms with Gasteiger partial charge in [-0.3, -0.25) is 4.79 Å². The fourth-order valence-electron chi connectivity index (χ4n) is 1.04. The summed E-state index contributed by atoms with van der Waals surface area (Å²) in [7, 11) is 0. The zero-order valence-electron chi connectivity index (χ0n) is 7.15. The Kier molecular flexibility index (Phi) is 3.04. The van der Waals surface area contributed by atoms with Crippen LogP contribution in [-0.2, 0) is 4.79 Å². The van der Waals surface area contributed by atoms with Gasteiger partial charge in [0.1, 0.15) is 10.9 Å². The van der Waals surface area contributed by atoms with Gasteiger partial charge in [-0.2, -0.15) is 5.26 Å².